The highest BCUT2D eigenvalue weighted by molar-refractivity contribution is 5.74. The van der Waals surface area contributed by atoms with Crippen molar-refractivity contribution >= 4 is 5.91 Å². The van der Waals surface area contributed by atoms with Gasteiger partial charge in [0, 0.05) is 26.1 Å². The number of rotatable bonds is 11. The van der Waals surface area contributed by atoms with E-state index in [2.05, 4.69) is 4.90 Å². The number of nitrogens with zero attached hydrogens (tertiary/aromatic N) is 1. The van der Waals surface area contributed by atoms with Crippen molar-refractivity contribution in [3.05, 3.63) is 59.7 Å². The van der Waals surface area contributed by atoms with Gasteiger partial charge in [-0.05, 0) is 49.2 Å². The first-order chi connectivity index (χ1) is 13.1. The van der Waals surface area contributed by atoms with Crippen LogP contribution in [-0.4, -0.2) is 35.8 Å². The van der Waals surface area contributed by atoms with E-state index in [9.17, 15) is 4.79 Å². The molecule has 0 spiro atoms. The molecule has 0 unspecified atom stereocenters. The average molecular weight is 372 g/mol. The molecule has 0 radical (unpaired) electrons. The number of benzene rings is 2. The first kappa shape index (κ1) is 20.7. The average Bonchev–Trinajstić information content (AvgIpc) is 2.67. The van der Waals surface area contributed by atoms with Crippen LogP contribution in [0.25, 0.3) is 0 Å². The summed E-state index contributed by atoms with van der Waals surface area (Å²) >= 11 is 0. The highest BCUT2D eigenvalue weighted by Crippen LogP contribution is 2.19. The van der Waals surface area contributed by atoms with Crippen LogP contribution in [0.2, 0.25) is 0 Å². The molecular weight excluding hydrogens is 344 g/mol. The summed E-state index contributed by atoms with van der Waals surface area (Å²) in [6, 6.07) is 15.9. The van der Waals surface area contributed by atoms with E-state index < -0.39 is 5.91 Å². The number of carbonyl (C=O) groups excluding carboxylic acids is 1. The normalized spacial score (nSPS) is 10.7. The fourth-order valence-corrected chi connectivity index (χ4v) is 2.85. The Morgan fingerprint density at radius 3 is 1.93 bits per heavy atom. The van der Waals surface area contributed by atoms with Gasteiger partial charge in [0.1, 0.15) is 11.5 Å². The predicted octanol–water partition coefficient (Wildman–Crippen LogP) is 3.38. The van der Waals surface area contributed by atoms with Crippen molar-refractivity contribution in [3.8, 4) is 11.5 Å². The Morgan fingerprint density at radius 2 is 1.48 bits per heavy atom. The summed E-state index contributed by atoms with van der Waals surface area (Å²) < 4.78 is 11.1. The van der Waals surface area contributed by atoms with E-state index in [4.69, 9.17) is 14.7 Å². The molecule has 0 heterocycles. The SMILES string of the molecule is CCOc1cccc(CN(CCC(=O)NO)Cc2cccc(OCC)c2)c1. The topological polar surface area (TPSA) is 71.0 Å². The van der Waals surface area contributed by atoms with Gasteiger partial charge in [-0.15, -0.1) is 0 Å². The Morgan fingerprint density at radius 1 is 0.963 bits per heavy atom. The number of hydrogen-bond acceptors (Lipinski definition) is 5. The minimum Gasteiger partial charge on any atom is -0.494 e. The fourth-order valence-electron chi connectivity index (χ4n) is 2.85. The Labute approximate surface area is 160 Å². The molecule has 0 saturated carbocycles. The zero-order valence-corrected chi connectivity index (χ0v) is 16.0. The lowest BCUT2D eigenvalue weighted by molar-refractivity contribution is -0.129. The lowest BCUT2D eigenvalue weighted by Gasteiger charge is -2.23. The van der Waals surface area contributed by atoms with Crippen LogP contribution in [0.3, 0.4) is 0 Å². The van der Waals surface area contributed by atoms with E-state index in [1.54, 1.807) is 5.48 Å². The van der Waals surface area contributed by atoms with Crippen LogP contribution in [-0.2, 0) is 17.9 Å². The molecule has 0 aromatic heterocycles. The molecular formula is C21H28N2O4. The minimum atomic E-state index is -0.397. The first-order valence-electron chi connectivity index (χ1n) is 9.23. The highest BCUT2D eigenvalue weighted by Gasteiger charge is 2.11. The molecule has 0 saturated heterocycles. The Bertz CT molecular complexity index is 669. The van der Waals surface area contributed by atoms with Crippen LogP contribution in [0.15, 0.2) is 48.5 Å². The molecule has 0 aliphatic rings. The van der Waals surface area contributed by atoms with Crippen molar-refractivity contribution in [1.82, 2.24) is 10.4 Å². The molecule has 0 fully saturated rings. The highest BCUT2D eigenvalue weighted by atomic mass is 16.5. The van der Waals surface area contributed by atoms with Crippen molar-refractivity contribution in [2.45, 2.75) is 33.4 Å². The van der Waals surface area contributed by atoms with Gasteiger partial charge in [-0.2, -0.15) is 0 Å². The summed E-state index contributed by atoms with van der Waals surface area (Å²) in [5.41, 5.74) is 3.90. The Kier molecular flexibility index (Phi) is 8.61. The molecule has 2 aromatic rings. The predicted molar refractivity (Wildman–Crippen MR) is 104 cm³/mol. The molecule has 0 aliphatic carbocycles. The van der Waals surface area contributed by atoms with E-state index in [0.717, 1.165) is 22.6 Å². The van der Waals surface area contributed by atoms with E-state index in [-0.39, 0.29) is 6.42 Å². The molecule has 2 rings (SSSR count). The smallest absolute Gasteiger partial charge is 0.244 e. The Hall–Kier alpha value is -2.57. The van der Waals surface area contributed by atoms with E-state index in [1.165, 1.54) is 0 Å². The van der Waals surface area contributed by atoms with Crippen LogP contribution in [0.1, 0.15) is 31.4 Å². The molecule has 0 aliphatic heterocycles. The standard InChI is InChI=1S/C21H28N2O4/c1-3-26-19-9-5-7-17(13-19)15-23(12-11-21(24)22-25)16-18-8-6-10-20(14-18)27-4-2/h5-10,13-14,25H,3-4,11-12,15-16H2,1-2H3,(H,22,24). The van der Waals surface area contributed by atoms with Crippen LogP contribution < -0.4 is 15.0 Å². The van der Waals surface area contributed by atoms with Gasteiger partial charge in [0.05, 0.1) is 13.2 Å². The summed E-state index contributed by atoms with van der Waals surface area (Å²) in [7, 11) is 0. The quantitative estimate of drug-likeness (QED) is 0.467. The van der Waals surface area contributed by atoms with Crippen molar-refractivity contribution in [2.75, 3.05) is 19.8 Å². The van der Waals surface area contributed by atoms with Gasteiger partial charge in [-0.1, -0.05) is 24.3 Å². The van der Waals surface area contributed by atoms with Crippen LogP contribution in [0.5, 0.6) is 11.5 Å². The molecule has 6 heteroatoms. The maximum Gasteiger partial charge on any atom is 0.244 e. The van der Waals surface area contributed by atoms with Crippen molar-refractivity contribution in [1.29, 1.82) is 0 Å². The van der Waals surface area contributed by atoms with Crippen molar-refractivity contribution in [3.63, 3.8) is 0 Å². The summed E-state index contributed by atoms with van der Waals surface area (Å²) in [5, 5.41) is 8.77. The second kappa shape index (κ2) is 11.2. The molecule has 27 heavy (non-hydrogen) atoms. The Balaban J connectivity index is 2.11. The third-order valence-electron chi connectivity index (χ3n) is 4.01. The summed E-state index contributed by atoms with van der Waals surface area (Å²) in [4.78, 5) is 13.6. The minimum absolute atomic E-state index is 0.215. The number of amides is 1. The van der Waals surface area contributed by atoms with E-state index >= 15 is 0 Å². The first-order valence-corrected chi connectivity index (χ1v) is 9.23. The lowest BCUT2D eigenvalue weighted by Crippen LogP contribution is -2.29. The number of hydrogen-bond donors (Lipinski definition) is 2. The fraction of sp³-hybridized carbons (Fsp3) is 0.381. The van der Waals surface area contributed by atoms with Gasteiger partial charge in [-0.25, -0.2) is 5.48 Å². The van der Waals surface area contributed by atoms with Gasteiger partial charge < -0.3 is 9.47 Å². The zero-order chi connectivity index (χ0) is 19.5. The zero-order valence-electron chi connectivity index (χ0n) is 16.0. The number of ether oxygens (including phenoxy) is 2. The van der Waals surface area contributed by atoms with Crippen molar-refractivity contribution < 1.29 is 19.5 Å². The van der Waals surface area contributed by atoms with Gasteiger partial charge in [-0.3, -0.25) is 14.9 Å². The third kappa shape index (κ3) is 7.29. The maximum absolute atomic E-state index is 11.5. The number of nitrogens with one attached hydrogen (secondary N) is 1. The largest absolute Gasteiger partial charge is 0.494 e. The third-order valence-corrected chi connectivity index (χ3v) is 4.01. The molecule has 0 atom stereocenters. The van der Waals surface area contributed by atoms with Crippen LogP contribution >= 0.6 is 0 Å². The summed E-state index contributed by atoms with van der Waals surface area (Å²) in [6.07, 6.45) is 0.215. The number of carbonyl (C=O) groups is 1. The molecule has 0 bridgehead atoms. The van der Waals surface area contributed by atoms with Gasteiger partial charge in [0.2, 0.25) is 5.91 Å². The molecule has 2 N–H and O–H groups in total. The van der Waals surface area contributed by atoms with Crippen LogP contribution in [0, 0.1) is 0 Å². The molecule has 1 amide bonds. The molecule has 6 nitrogen and oxygen atoms in total. The van der Waals surface area contributed by atoms with Crippen LogP contribution in [0.4, 0.5) is 0 Å². The van der Waals surface area contributed by atoms with E-state index in [1.807, 2.05) is 62.4 Å². The van der Waals surface area contributed by atoms with Gasteiger partial charge in [0.25, 0.3) is 0 Å². The van der Waals surface area contributed by atoms with Crippen molar-refractivity contribution in [2.24, 2.45) is 0 Å². The van der Waals surface area contributed by atoms with Gasteiger partial charge >= 0.3 is 0 Å². The summed E-state index contributed by atoms with van der Waals surface area (Å²) in [6.45, 7) is 7.00. The number of hydroxylamine groups is 1. The van der Waals surface area contributed by atoms with Gasteiger partial charge in [0.15, 0.2) is 0 Å². The monoisotopic (exact) mass is 372 g/mol. The van der Waals surface area contributed by atoms with E-state index in [0.29, 0.717) is 32.8 Å². The maximum atomic E-state index is 11.5. The summed E-state index contributed by atoms with van der Waals surface area (Å²) in [5.74, 6) is 1.27. The molecule has 2 aromatic carbocycles. The second-order valence-electron chi connectivity index (χ2n) is 6.16. The second-order valence-corrected chi connectivity index (χ2v) is 6.16. The lowest BCUT2D eigenvalue weighted by atomic mass is 10.1. The molecule has 146 valence electrons.